The smallest absolute Gasteiger partial charge is 0.449 e. The molecule has 0 spiro atoms. The number of hydrogen-bond acceptors (Lipinski definition) is 4. The predicted molar refractivity (Wildman–Crippen MR) is 91.0 cm³/mol. The molecule has 1 saturated heterocycles. The van der Waals surface area contributed by atoms with Gasteiger partial charge in [-0.15, -0.1) is 0 Å². The molecule has 1 heterocycles. The average Bonchev–Trinajstić information content (AvgIpc) is 2.64. The molecule has 4 nitrogen and oxygen atoms in total. The lowest BCUT2D eigenvalue weighted by Crippen LogP contribution is -2.76. The summed E-state index contributed by atoms with van der Waals surface area (Å²) in [4.78, 5) is 12.3. The highest BCUT2D eigenvalue weighted by molar-refractivity contribution is 5.76. The molecular weight excluding hydrogens is 444 g/mol. The van der Waals surface area contributed by atoms with Crippen molar-refractivity contribution in [3.05, 3.63) is 0 Å². The first-order valence-corrected chi connectivity index (χ1v) is 10.0. The number of halogens is 8. The summed E-state index contributed by atoms with van der Waals surface area (Å²) in [7, 11) is 0. The van der Waals surface area contributed by atoms with E-state index < -0.39 is 59.5 Å². The molecule has 0 amide bonds. The van der Waals surface area contributed by atoms with Crippen molar-refractivity contribution in [1.82, 2.24) is 0 Å². The number of carbonyl (C=O) groups is 1. The van der Waals surface area contributed by atoms with Gasteiger partial charge in [0.05, 0.1) is 5.41 Å². The Kier molecular flexibility index (Phi) is 6.73. The highest BCUT2D eigenvalue weighted by atomic mass is 19.4. The van der Waals surface area contributed by atoms with Crippen molar-refractivity contribution in [3.63, 3.8) is 0 Å². The minimum Gasteiger partial charge on any atom is -0.455 e. The second-order valence-electron chi connectivity index (χ2n) is 8.92. The van der Waals surface area contributed by atoms with Gasteiger partial charge in [0.25, 0.3) is 0 Å². The van der Waals surface area contributed by atoms with Crippen LogP contribution in [0.3, 0.4) is 0 Å². The third-order valence-electron chi connectivity index (χ3n) is 6.49. The van der Waals surface area contributed by atoms with Crippen LogP contribution in [0.4, 0.5) is 35.1 Å². The number of esters is 1. The molecule has 1 saturated carbocycles. The van der Waals surface area contributed by atoms with Gasteiger partial charge in [-0.05, 0) is 39.0 Å². The zero-order valence-electron chi connectivity index (χ0n) is 17.3. The second kappa shape index (κ2) is 8.00. The Bertz CT molecular complexity index is 669. The monoisotopic (exact) mass is 470 g/mol. The molecule has 31 heavy (non-hydrogen) atoms. The molecule has 3 atom stereocenters. The van der Waals surface area contributed by atoms with Crippen molar-refractivity contribution < 1.29 is 54.5 Å². The molecule has 12 heteroatoms. The number of ether oxygens (including phenoxy) is 2. The maximum atomic E-state index is 14.8. The lowest BCUT2D eigenvalue weighted by atomic mass is 9.70. The molecule has 2 fully saturated rings. The lowest BCUT2D eigenvalue weighted by molar-refractivity contribution is -0.511. The standard InChI is InChI=1S/C19H26F8O4/c1-4-14(2,3)13(28)30-12-10-15(18(22,23)24,11-8-6-5-7-9-11)31-17(29,16(12,20)21)19(25,26)27/h11-12,29H,4-10H2,1-3H3. The third-order valence-corrected chi connectivity index (χ3v) is 6.49. The largest absolute Gasteiger partial charge is 0.455 e. The van der Waals surface area contributed by atoms with Crippen molar-refractivity contribution in [3.8, 4) is 0 Å². The summed E-state index contributed by atoms with van der Waals surface area (Å²) in [5.74, 6) is -13.9. The van der Waals surface area contributed by atoms with Crippen LogP contribution in [0.25, 0.3) is 0 Å². The summed E-state index contributed by atoms with van der Waals surface area (Å²) in [5, 5.41) is 9.92. The maximum absolute atomic E-state index is 14.8. The first-order chi connectivity index (χ1) is 13.9. The quantitative estimate of drug-likeness (QED) is 0.434. The van der Waals surface area contributed by atoms with E-state index in [-0.39, 0.29) is 32.1 Å². The summed E-state index contributed by atoms with van der Waals surface area (Å²) < 4.78 is 122. The van der Waals surface area contributed by atoms with Crippen LogP contribution in [-0.4, -0.2) is 46.8 Å². The van der Waals surface area contributed by atoms with Crippen LogP contribution in [0, 0.1) is 11.3 Å². The molecule has 2 aliphatic rings. The summed E-state index contributed by atoms with van der Waals surface area (Å²) in [5.41, 5.74) is -5.21. The van der Waals surface area contributed by atoms with Crippen molar-refractivity contribution in [2.24, 2.45) is 11.3 Å². The first kappa shape index (κ1) is 26.1. The summed E-state index contributed by atoms with van der Waals surface area (Å²) in [6, 6.07) is 0. The fourth-order valence-electron chi connectivity index (χ4n) is 4.01. The molecule has 182 valence electrons. The van der Waals surface area contributed by atoms with E-state index in [1.807, 2.05) is 0 Å². The van der Waals surface area contributed by atoms with Crippen LogP contribution >= 0.6 is 0 Å². The van der Waals surface area contributed by atoms with Crippen LogP contribution in [0.15, 0.2) is 0 Å². The highest BCUT2D eigenvalue weighted by Gasteiger charge is 2.83. The van der Waals surface area contributed by atoms with Gasteiger partial charge in [-0.2, -0.15) is 35.1 Å². The number of aliphatic hydroxyl groups is 1. The van der Waals surface area contributed by atoms with Gasteiger partial charge in [0.15, 0.2) is 11.7 Å². The fourth-order valence-corrected chi connectivity index (χ4v) is 4.01. The normalized spacial score (nSPS) is 33.2. The molecule has 0 aromatic carbocycles. The Labute approximate surface area is 174 Å². The molecule has 1 aliphatic carbocycles. The minimum absolute atomic E-state index is 0.0250. The second-order valence-corrected chi connectivity index (χ2v) is 8.92. The molecule has 0 bridgehead atoms. The Morgan fingerprint density at radius 2 is 1.55 bits per heavy atom. The molecule has 3 unspecified atom stereocenters. The Morgan fingerprint density at radius 1 is 1.03 bits per heavy atom. The molecule has 0 radical (unpaired) electrons. The predicted octanol–water partition coefficient (Wildman–Crippen LogP) is 5.52. The van der Waals surface area contributed by atoms with Gasteiger partial charge in [-0.3, -0.25) is 4.79 Å². The first-order valence-electron chi connectivity index (χ1n) is 10.0. The van der Waals surface area contributed by atoms with Gasteiger partial charge in [0.1, 0.15) is 0 Å². The van der Waals surface area contributed by atoms with Crippen LogP contribution in [0.5, 0.6) is 0 Å². The van der Waals surface area contributed by atoms with Gasteiger partial charge in [0, 0.05) is 6.42 Å². The van der Waals surface area contributed by atoms with Crippen molar-refractivity contribution >= 4 is 5.97 Å². The van der Waals surface area contributed by atoms with E-state index in [2.05, 4.69) is 9.47 Å². The third kappa shape index (κ3) is 4.26. The van der Waals surface area contributed by atoms with E-state index in [1.165, 1.54) is 20.8 Å². The number of rotatable bonds is 4. The van der Waals surface area contributed by atoms with E-state index in [9.17, 15) is 45.0 Å². The van der Waals surface area contributed by atoms with Gasteiger partial charge in [0.2, 0.25) is 0 Å². The van der Waals surface area contributed by atoms with E-state index in [0.717, 1.165) is 0 Å². The van der Waals surface area contributed by atoms with Gasteiger partial charge in [-0.1, -0.05) is 26.2 Å². The number of hydrogen-bond donors (Lipinski definition) is 1. The lowest BCUT2D eigenvalue weighted by Gasteiger charge is -2.55. The van der Waals surface area contributed by atoms with Crippen LogP contribution in [-0.2, 0) is 14.3 Å². The van der Waals surface area contributed by atoms with Gasteiger partial charge in [-0.25, -0.2) is 0 Å². The summed E-state index contributed by atoms with van der Waals surface area (Å²) >= 11 is 0. The van der Waals surface area contributed by atoms with Crippen LogP contribution in [0.2, 0.25) is 0 Å². The number of alkyl halides is 8. The average molecular weight is 470 g/mol. The maximum Gasteiger partial charge on any atom is 0.449 e. The zero-order chi connectivity index (χ0) is 24.1. The van der Waals surface area contributed by atoms with E-state index in [0.29, 0.717) is 6.42 Å². The molecule has 1 N–H and O–H groups in total. The molecule has 1 aliphatic heterocycles. The summed E-state index contributed by atoms with van der Waals surface area (Å²) in [6.07, 6.45) is -16.3. The van der Waals surface area contributed by atoms with E-state index >= 15 is 0 Å². The highest BCUT2D eigenvalue weighted by Crippen LogP contribution is 2.60. The topological polar surface area (TPSA) is 55.8 Å². The van der Waals surface area contributed by atoms with E-state index in [1.54, 1.807) is 0 Å². The van der Waals surface area contributed by atoms with Gasteiger partial charge < -0.3 is 14.6 Å². The molecule has 0 aromatic heterocycles. The molecule has 2 rings (SSSR count). The summed E-state index contributed by atoms with van der Waals surface area (Å²) in [6.45, 7) is 3.97. The van der Waals surface area contributed by atoms with Crippen LogP contribution in [0.1, 0.15) is 65.7 Å². The van der Waals surface area contributed by atoms with Crippen LogP contribution < -0.4 is 0 Å². The van der Waals surface area contributed by atoms with Crippen molar-refractivity contribution in [2.75, 3.05) is 0 Å². The van der Waals surface area contributed by atoms with Crippen molar-refractivity contribution in [2.45, 2.75) is 101 Å². The van der Waals surface area contributed by atoms with E-state index in [4.69, 9.17) is 0 Å². The zero-order valence-corrected chi connectivity index (χ0v) is 17.3. The SMILES string of the molecule is CCC(C)(C)C(=O)OC1CC(C2CCCCC2)(C(F)(F)F)OC(O)(C(F)(F)F)C1(F)F. The Morgan fingerprint density at radius 3 is 1.97 bits per heavy atom. The fraction of sp³-hybridized carbons (Fsp3) is 0.947. The van der Waals surface area contributed by atoms with Crippen molar-refractivity contribution in [1.29, 1.82) is 0 Å². The van der Waals surface area contributed by atoms with Gasteiger partial charge >= 0.3 is 30.0 Å². The molecular formula is C19H26F8O4. The minimum atomic E-state index is -6.30. The number of carbonyl (C=O) groups excluding carboxylic acids is 1. The molecule has 0 aromatic rings. The Hall–Kier alpha value is -1.17. The Balaban J connectivity index is 2.64.